The highest BCUT2D eigenvalue weighted by atomic mass is 32.2. The van der Waals surface area contributed by atoms with E-state index in [-0.39, 0.29) is 22.1 Å². The number of piperidine rings is 1. The van der Waals surface area contributed by atoms with Gasteiger partial charge in [0.2, 0.25) is 10.0 Å². The Kier molecular flexibility index (Phi) is 5.61. The van der Waals surface area contributed by atoms with Crippen LogP contribution in [0.15, 0.2) is 23.1 Å². The molecular formula is C15H23N3O4S. The van der Waals surface area contributed by atoms with Crippen molar-refractivity contribution in [3.05, 3.63) is 23.8 Å². The topological polar surface area (TPSA) is 116 Å². The fraction of sp³-hybridized carbons (Fsp3) is 0.533. The van der Waals surface area contributed by atoms with E-state index in [1.807, 2.05) is 0 Å². The summed E-state index contributed by atoms with van der Waals surface area (Å²) in [4.78, 5) is 11.5. The van der Waals surface area contributed by atoms with E-state index in [9.17, 15) is 13.2 Å². The molecule has 0 aliphatic carbocycles. The van der Waals surface area contributed by atoms with E-state index in [1.165, 1.54) is 29.6 Å². The Morgan fingerprint density at radius 2 is 2.17 bits per heavy atom. The second kappa shape index (κ2) is 7.29. The van der Waals surface area contributed by atoms with Gasteiger partial charge in [0.05, 0.1) is 17.6 Å². The Morgan fingerprint density at radius 1 is 1.43 bits per heavy atom. The van der Waals surface area contributed by atoms with Crippen LogP contribution in [0, 0.1) is 5.92 Å². The number of primary amides is 1. The van der Waals surface area contributed by atoms with Crippen LogP contribution in [0.4, 0.5) is 0 Å². The third-order valence-electron chi connectivity index (χ3n) is 4.13. The number of hydrogen-bond acceptors (Lipinski definition) is 5. The Hall–Kier alpha value is -1.64. The van der Waals surface area contributed by atoms with Crippen LogP contribution in [0.5, 0.6) is 5.75 Å². The zero-order chi connectivity index (χ0) is 17.0. The SMILES string of the molecule is COc1ccc(S(=O)(=O)N2CCCC(CCN)C2)cc1C(N)=O. The summed E-state index contributed by atoms with van der Waals surface area (Å²) in [6.45, 7) is 1.48. The van der Waals surface area contributed by atoms with E-state index >= 15 is 0 Å². The highest BCUT2D eigenvalue weighted by molar-refractivity contribution is 7.89. The van der Waals surface area contributed by atoms with Crippen molar-refractivity contribution in [3.63, 3.8) is 0 Å². The molecule has 7 nitrogen and oxygen atoms in total. The molecule has 0 aromatic heterocycles. The summed E-state index contributed by atoms with van der Waals surface area (Å²) in [5.41, 5.74) is 10.9. The number of rotatable bonds is 6. The minimum absolute atomic E-state index is 0.0560. The summed E-state index contributed by atoms with van der Waals surface area (Å²) in [6.07, 6.45) is 2.60. The maximum Gasteiger partial charge on any atom is 0.252 e. The Morgan fingerprint density at radius 3 is 2.78 bits per heavy atom. The molecule has 23 heavy (non-hydrogen) atoms. The van der Waals surface area contributed by atoms with Crippen molar-refractivity contribution in [2.75, 3.05) is 26.7 Å². The van der Waals surface area contributed by atoms with Crippen LogP contribution < -0.4 is 16.2 Å². The summed E-state index contributed by atoms with van der Waals surface area (Å²) in [5, 5.41) is 0. The van der Waals surface area contributed by atoms with Gasteiger partial charge in [-0.05, 0) is 49.9 Å². The molecule has 1 fully saturated rings. The molecule has 1 unspecified atom stereocenters. The van der Waals surface area contributed by atoms with Gasteiger partial charge in [-0.2, -0.15) is 4.31 Å². The van der Waals surface area contributed by atoms with Crippen molar-refractivity contribution in [2.45, 2.75) is 24.2 Å². The van der Waals surface area contributed by atoms with Crippen molar-refractivity contribution >= 4 is 15.9 Å². The second-order valence-electron chi connectivity index (χ2n) is 5.67. The highest BCUT2D eigenvalue weighted by Gasteiger charge is 2.30. The van der Waals surface area contributed by atoms with Crippen LogP contribution in [0.3, 0.4) is 0 Å². The molecule has 1 aromatic rings. The average Bonchev–Trinajstić information content (AvgIpc) is 2.54. The third-order valence-corrected chi connectivity index (χ3v) is 5.99. The molecule has 1 aliphatic rings. The molecule has 8 heteroatoms. The Balaban J connectivity index is 2.32. The second-order valence-corrected chi connectivity index (χ2v) is 7.61. The van der Waals surface area contributed by atoms with Crippen LogP contribution in [0.1, 0.15) is 29.6 Å². The molecule has 1 aromatic carbocycles. The number of benzene rings is 1. The van der Waals surface area contributed by atoms with E-state index in [2.05, 4.69) is 0 Å². The van der Waals surface area contributed by atoms with Gasteiger partial charge in [0.1, 0.15) is 5.75 Å². The molecule has 128 valence electrons. The molecular weight excluding hydrogens is 318 g/mol. The van der Waals surface area contributed by atoms with Crippen molar-refractivity contribution in [2.24, 2.45) is 17.4 Å². The first-order valence-corrected chi connectivity index (χ1v) is 9.02. The van der Waals surface area contributed by atoms with E-state index in [0.717, 1.165) is 19.3 Å². The molecule has 2 rings (SSSR count). The lowest BCUT2D eigenvalue weighted by Crippen LogP contribution is -2.40. The van der Waals surface area contributed by atoms with Gasteiger partial charge in [-0.25, -0.2) is 8.42 Å². The van der Waals surface area contributed by atoms with Gasteiger partial charge in [0.15, 0.2) is 0 Å². The van der Waals surface area contributed by atoms with Crippen molar-refractivity contribution in [1.82, 2.24) is 4.31 Å². The lowest BCUT2D eigenvalue weighted by atomic mass is 9.96. The number of carbonyl (C=O) groups excluding carboxylic acids is 1. The maximum atomic E-state index is 12.8. The molecule has 1 saturated heterocycles. The fourth-order valence-corrected chi connectivity index (χ4v) is 4.49. The Bertz CT molecular complexity index is 673. The number of nitrogens with zero attached hydrogens (tertiary/aromatic N) is 1. The predicted octanol–water partition coefficient (Wildman–Crippen LogP) is 0.544. The number of methoxy groups -OCH3 is 1. The quantitative estimate of drug-likeness (QED) is 0.783. The average molecular weight is 341 g/mol. The van der Waals surface area contributed by atoms with Gasteiger partial charge in [0, 0.05) is 13.1 Å². The Labute approximate surface area is 136 Å². The molecule has 0 saturated carbocycles. The summed E-state index contributed by atoms with van der Waals surface area (Å²) >= 11 is 0. The van der Waals surface area contributed by atoms with Crippen molar-refractivity contribution in [1.29, 1.82) is 0 Å². The number of amides is 1. The molecule has 1 amide bonds. The zero-order valence-electron chi connectivity index (χ0n) is 13.2. The molecule has 0 bridgehead atoms. The van der Waals surface area contributed by atoms with Crippen LogP contribution in [-0.2, 0) is 10.0 Å². The van der Waals surface area contributed by atoms with Gasteiger partial charge >= 0.3 is 0 Å². The van der Waals surface area contributed by atoms with Gasteiger partial charge in [-0.15, -0.1) is 0 Å². The minimum Gasteiger partial charge on any atom is -0.496 e. The van der Waals surface area contributed by atoms with Crippen molar-refractivity contribution < 1.29 is 17.9 Å². The molecule has 1 atom stereocenters. The van der Waals surface area contributed by atoms with Gasteiger partial charge in [-0.1, -0.05) is 0 Å². The van der Waals surface area contributed by atoms with Gasteiger partial charge in [-0.3, -0.25) is 4.79 Å². The number of sulfonamides is 1. The van der Waals surface area contributed by atoms with E-state index in [0.29, 0.717) is 19.6 Å². The smallest absolute Gasteiger partial charge is 0.252 e. The van der Waals surface area contributed by atoms with Gasteiger partial charge in [0.25, 0.3) is 5.91 Å². The van der Waals surface area contributed by atoms with E-state index in [1.54, 1.807) is 0 Å². The minimum atomic E-state index is -3.67. The first-order chi connectivity index (χ1) is 10.9. The summed E-state index contributed by atoms with van der Waals surface area (Å²) in [5.74, 6) is -0.188. The van der Waals surface area contributed by atoms with Crippen LogP contribution in [0.25, 0.3) is 0 Å². The molecule has 4 N–H and O–H groups in total. The number of nitrogens with two attached hydrogens (primary N) is 2. The van der Waals surface area contributed by atoms with E-state index < -0.39 is 15.9 Å². The molecule has 1 heterocycles. The maximum absolute atomic E-state index is 12.8. The summed E-state index contributed by atoms with van der Waals surface area (Å²) in [6, 6.07) is 4.17. The standard InChI is InChI=1S/C15H23N3O4S/c1-22-14-5-4-12(9-13(14)15(17)19)23(20,21)18-8-2-3-11(10-18)6-7-16/h4-5,9,11H,2-3,6-8,10,16H2,1H3,(H2,17,19). The first-order valence-electron chi connectivity index (χ1n) is 7.58. The lowest BCUT2D eigenvalue weighted by molar-refractivity contribution is 0.0997. The van der Waals surface area contributed by atoms with E-state index in [4.69, 9.17) is 16.2 Å². The van der Waals surface area contributed by atoms with Gasteiger partial charge < -0.3 is 16.2 Å². The van der Waals surface area contributed by atoms with Crippen LogP contribution in [0.2, 0.25) is 0 Å². The number of ether oxygens (including phenoxy) is 1. The first kappa shape index (κ1) is 17.7. The molecule has 1 aliphatic heterocycles. The van der Waals surface area contributed by atoms with Crippen LogP contribution in [-0.4, -0.2) is 45.4 Å². The lowest BCUT2D eigenvalue weighted by Gasteiger charge is -2.31. The molecule has 0 radical (unpaired) electrons. The monoisotopic (exact) mass is 341 g/mol. The van der Waals surface area contributed by atoms with Crippen LogP contribution >= 0.6 is 0 Å². The predicted molar refractivity (Wildman–Crippen MR) is 86.7 cm³/mol. The number of hydrogen-bond donors (Lipinski definition) is 2. The highest BCUT2D eigenvalue weighted by Crippen LogP contribution is 2.28. The summed E-state index contributed by atoms with van der Waals surface area (Å²) in [7, 11) is -2.26. The zero-order valence-corrected chi connectivity index (χ0v) is 14.0. The number of carbonyl (C=O) groups is 1. The summed E-state index contributed by atoms with van der Waals surface area (Å²) < 4.78 is 32.1. The largest absolute Gasteiger partial charge is 0.496 e. The van der Waals surface area contributed by atoms with Crippen molar-refractivity contribution in [3.8, 4) is 5.75 Å². The third kappa shape index (κ3) is 3.82. The molecule has 0 spiro atoms. The fourth-order valence-electron chi connectivity index (χ4n) is 2.91. The normalized spacial score (nSPS) is 19.5.